The Bertz CT molecular complexity index is 917. The van der Waals surface area contributed by atoms with Crippen LogP contribution in [-0.4, -0.2) is 26.7 Å². The van der Waals surface area contributed by atoms with E-state index in [-0.39, 0.29) is 16.9 Å². The van der Waals surface area contributed by atoms with Gasteiger partial charge in [-0.1, -0.05) is 51.1 Å². The van der Waals surface area contributed by atoms with E-state index >= 15 is 0 Å². The van der Waals surface area contributed by atoms with E-state index in [1.165, 1.54) is 5.56 Å². The maximum Gasteiger partial charge on any atom is 0.261 e. The Hall–Kier alpha value is -3.26. The molecule has 152 valence electrons. The van der Waals surface area contributed by atoms with Crippen molar-refractivity contribution in [3.8, 4) is 17.6 Å². The minimum absolute atomic E-state index is 0.0574. The van der Waals surface area contributed by atoms with Crippen molar-refractivity contribution in [1.29, 1.82) is 5.26 Å². The Morgan fingerprint density at radius 3 is 2.28 bits per heavy atom. The molecule has 0 saturated heterocycles. The van der Waals surface area contributed by atoms with Gasteiger partial charge in [-0.25, -0.2) is 0 Å². The second-order valence-electron chi connectivity index (χ2n) is 7.74. The Balaban J connectivity index is 2.00. The van der Waals surface area contributed by atoms with Crippen LogP contribution in [-0.2, 0) is 16.6 Å². The van der Waals surface area contributed by atoms with Crippen LogP contribution in [0.25, 0.3) is 6.08 Å². The van der Waals surface area contributed by atoms with Crippen molar-refractivity contribution < 1.29 is 14.3 Å². The van der Waals surface area contributed by atoms with Gasteiger partial charge in [0.1, 0.15) is 11.6 Å². The molecule has 1 amide bonds. The number of carbonyl (C=O) groups is 1. The molecule has 5 nitrogen and oxygen atoms in total. The lowest BCUT2D eigenvalue weighted by Crippen LogP contribution is -2.26. The van der Waals surface area contributed by atoms with Gasteiger partial charge in [0.15, 0.2) is 11.5 Å². The monoisotopic (exact) mass is 392 g/mol. The maximum atomic E-state index is 12.4. The first-order valence-electron chi connectivity index (χ1n) is 9.50. The molecule has 0 radical (unpaired) electrons. The highest BCUT2D eigenvalue weighted by atomic mass is 16.5. The lowest BCUT2D eigenvalue weighted by atomic mass is 9.86. The number of amides is 1. The first-order valence-corrected chi connectivity index (χ1v) is 9.50. The molecule has 2 rings (SSSR count). The highest BCUT2D eigenvalue weighted by Crippen LogP contribution is 2.27. The summed E-state index contributed by atoms with van der Waals surface area (Å²) in [5, 5.41) is 12.2. The molecule has 0 spiro atoms. The molecule has 0 unspecified atom stereocenters. The van der Waals surface area contributed by atoms with E-state index in [9.17, 15) is 10.1 Å². The number of methoxy groups -OCH3 is 2. The average Bonchev–Trinajstić information content (AvgIpc) is 2.71. The van der Waals surface area contributed by atoms with Crippen molar-refractivity contribution >= 4 is 12.0 Å². The van der Waals surface area contributed by atoms with Gasteiger partial charge in [-0.15, -0.1) is 0 Å². The zero-order chi connectivity index (χ0) is 21.4. The first-order chi connectivity index (χ1) is 13.8. The summed E-state index contributed by atoms with van der Waals surface area (Å²) in [6, 6.07) is 15.5. The smallest absolute Gasteiger partial charge is 0.261 e. The minimum atomic E-state index is -0.382. The summed E-state index contributed by atoms with van der Waals surface area (Å²) in [5.41, 5.74) is 3.17. The topological polar surface area (TPSA) is 71.3 Å². The summed E-state index contributed by atoms with van der Waals surface area (Å²) in [5.74, 6) is 0.924. The highest BCUT2D eigenvalue weighted by molar-refractivity contribution is 6.01. The van der Waals surface area contributed by atoms with Gasteiger partial charge in [0.25, 0.3) is 5.91 Å². The molecule has 1 N–H and O–H groups in total. The van der Waals surface area contributed by atoms with Gasteiger partial charge >= 0.3 is 0 Å². The standard InChI is InChI=1S/C24H28N2O3/c1-24(2,3)20-9-6-17(7-10-20)14-19(16-25)23(27)26-13-12-18-8-11-21(28-4)22(15-18)29-5/h6-11,14-15H,12-13H2,1-5H3,(H,26,27)/b19-14-. The molecule has 2 aromatic rings. The lowest BCUT2D eigenvalue weighted by molar-refractivity contribution is -0.117. The molecule has 0 fully saturated rings. The molecule has 0 aliphatic heterocycles. The van der Waals surface area contributed by atoms with Gasteiger partial charge in [0, 0.05) is 6.54 Å². The maximum absolute atomic E-state index is 12.4. The van der Waals surface area contributed by atoms with Crippen molar-refractivity contribution in [2.75, 3.05) is 20.8 Å². The number of benzene rings is 2. The predicted octanol–water partition coefficient (Wildman–Crippen LogP) is 4.27. The molecule has 0 heterocycles. The molecule has 5 heteroatoms. The molecule has 0 saturated carbocycles. The third-order valence-corrected chi connectivity index (χ3v) is 4.60. The largest absolute Gasteiger partial charge is 0.493 e. The SMILES string of the molecule is COc1ccc(CCNC(=O)/C(C#N)=C\c2ccc(C(C)(C)C)cc2)cc1OC. The number of ether oxygens (including phenoxy) is 2. The van der Waals surface area contributed by atoms with Crippen LogP contribution in [0.5, 0.6) is 11.5 Å². The van der Waals surface area contributed by atoms with E-state index in [0.717, 1.165) is 11.1 Å². The van der Waals surface area contributed by atoms with Gasteiger partial charge in [-0.3, -0.25) is 4.79 Å². The van der Waals surface area contributed by atoms with Crippen LogP contribution < -0.4 is 14.8 Å². The van der Waals surface area contributed by atoms with E-state index in [4.69, 9.17) is 9.47 Å². The number of hydrogen-bond acceptors (Lipinski definition) is 4. The van der Waals surface area contributed by atoms with Gasteiger partial charge in [-0.05, 0) is 46.7 Å². The number of nitrogens with one attached hydrogen (secondary N) is 1. The number of rotatable bonds is 7. The van der Waals surface area contributed by atoms with Gasteiger partial charge < -0.3 is 14.8 Å². The van der Waals surface area contributed by atoms with Gasteiger partial charge in [-0.2, -0.15) is 5.26 Å². The second-order valence-corrected chi connectivity index (χ2v) is 7.74. The lowest BCUT2D eigenvalue weighted by Gasteiger charge is -2.18. The normalized spacial score (nSPS) is 11.5. The van der Waals surface area contributed by atoms with Crippen LogP contribution in [0.2, 0.25) is 0 Å². The van der Waals surface area contributed by atoms with Crippen molar-refractivity contribution in [3.63, 3.8) is 0 Å². The number of nitrogens with zero attached hydrogens (tertiary/aromatic N) is 1. The first kappa shape index (κ1) is 22.0. The van der Waals surface area contributed by atoms with Crippen LogP contribution in [0.1, 0.15) is 37.5 Å². The Labute approximate surface area is 173 Å². The fourth-order valence-electron chi connectivity index (χ4n) is 2.85. The average molecular weight is 392 g/mol. The summed E-state index contributed by atoms with van der Waals surface area (Å²) in [6.45, 7) is 6.84. The Morgan fingerprint density at radius 1 is 1.07 bits per heavy atom. The summed E-state index contributed by atoms with van der Waals surface area (Å²) < 4.78 is 10.5. The quantitative estimate of drug-likeness (QED) is 0.564. The molecular weight excluding hydrogens is 364 g/mol. The van der Waals surface area contributed by atoms with Crippen molar-refractivity contribution in [2.24, 2.45) is 0 Å². The highest BCUT2D eigenvalue weighted by Gasteiger charge is 2.13. The molecule has 0 aliphatic carbocycles. The van der Waals surface area contributed by atoms with E-state index in [1.54, 1.807) is 20.3 Å². The third-order valence-electron chi connectivity index (χ3n) is 4.60. The van der Waals surface area contributed by atoms with Crippen LogP contribution >= 0.6 is 0 Å². The summed E-state index contributed by atoms with van der Waals surface area (Å²) >= 11 is 0. The molecule has 29 heavy (non-hydrogen) atoms. The predicted molar refractivity (Wildman–Crippen MR) is 115 cm³/mol. The molecular formula is C24H28N2O3. The molecule has 0 aromatic heterocycles. The summed E-state index contributed by atoms with van der Waals surface area (Å²) in [7, 11) is 3.17. The van der Waals surface area contributed by atoms with Crippen molar-refractivity contribution in [3.05, 3.63) is 64.7 Å². The summed E-state index contributed by atoms with van der Waals surface area (Å²) in [6.07, 6.45) is 2.23. The van der Waals surface area contributed by atoms with Crippen LogP contribution in [0.3, 0.4) is 0 Å². The van der Waals surface area contributed by atoms with E-state index in [0.29, 0.717) is 24.5 Å². The Morgan fingerprint density at radius 2 is 1.72 bits per heavy atom. The number of hydrogen-bond donors (Lipinski definition) is 1. The van der Waals surface area contributed by atoms with Crippen LogP contribution in [0, 0.1) is 11.3 Å². The molecule has 2 aromatic carbocycles. The second kappa shape index (κ2) is 9.79. The Kier molecular flexibility index (Phi) is 7.44. The molecule has 0 aliphatic rings. The number of nitriles is 1. The van der Waals surface area contributed by atoms with Crippen LogP contribution in [0.15, 0.2) is 48.0 Å². The van der Waals surface area contributed by atoms with Gasteiger partial charge in [0.05, 0.1) is 14.2 Å². The minimum Gasteiger partial charge on any atom is -0.493 e. The van der Waals surface area contributed by atoms with Crippen molar-refractivity contribution in [2.45, 2.75) is 32.6 Å². The zero-order valence-corrected chi connectivity index (χ0v) is 17.7. The van der Waals surface area contributed by atoms with Crippen LogP contribution in [0.4, 0.5) is 0 Å². The summed E-state index contributed by atoms with van der Waals surface area (Å²) in [4.78, 5) is 12.4. The molecule has 0 atom stereocenters. The third kappa shape index (κ3) is 6.11. The van der Waals surface area contributed by atoms with Gasteiger partial charge in [0.2, 0.25) is 0 Å². The van der Waals surface area contributed by atoms with E-state index in [2.05, 4.69) is 26.1 Å². The van der Waals surface area contributed by atoms with E-state index in [1.807, 2.05) is 48.5 Å². The fourth-order valence-corrected chi connectivity index (χ4v) is 2.85. The molecule has 0 bridgehead atoms. The zero-order valence-electron chi connectivity index (χ0n) is 17.7. The fraction of sp³-hybridized carbons (Fsp3) is 0.333. The van der Waals surface area contributed by atoms with Crippen molar-refractivity contribution in [1.82, 2.24) is 5.32 Å². The number of carbonyl (C=O) groups excluding carboxylic acids is 1. The van der Waals surface area contributed by atoms with E-state index < -0.39 is 0 Å².